The normalized spacial score (nSPS) is 13.9. The van der Waals surface area contributed by atoms with E-state index >= 15 is 0 Å². The van der Waals surface area contributed by atoms with Gasteiger partial charge in [0.15, 0.2) is 5.16 Å². The van der Waals surface area contributed by atoms with Crippen LogP contribution in [0, 0.1) is 6.92 Å². The Morgan fingerprint density at radius 1 is 1.29 bits per heavy atom. The summed E-state index contributed by atoms with van der Waals surface area (Å²) in [5.74, 6) is 2.23. The fourth-order valence-corrected chi connectivity index (χ4v) is 5.69. The highest BCUT2D eigenvalue weighted by atomic mass is 32.2. The molecule has 0 amide bonds. The summed E-state index contributed by atoms with van der Waals surface area (Å²) in [6.07, 6.45) is 5.92. The smallest absolute Gasteiger partial charge is 0.263 e. The van der Waals surface area contributed by atoms with Gasteiger partial charge in [-0.3, -0.25) is 9.36 Å². The molecule has 5 rings (SSSR count). The third kappa shape index (κ3) is 3.18. The fourth-order valence-electron chi connectivity index (χ4n) is 3.55. The van der Waals surface area contributed by atoms with Crippen molar-refractivity contribution in [2.75, 3.05) is 0 Å². The summed E-state index contributed by atoms with van der Waals surface area (Å²) in [5.41, 5.74) is 1.20. The quantitative estimate of drug-likeness (QED) is 0.361. The molecular formula is C19H18N4O3S2. The van der Waals surface area contributed by atoms with E-state index in [9.17, 15) is 4.79 Å². The Balaban J connectivity index is 1.60. The van der Waals surface area contributed by atoms with Crippen LogP contribution >= 0.6 is 23.1 Å². The van der Waals surface area contributed by atoms with Crippen molar-refractivity contribution in [2.45, 2.75) is 50.1 Å². The van der Waals surface area contributed by atoms with Crippen LogP contribution in [0.25, 0.3) is 10.2 Å². The first kappa shape index (κ1) is 17.7. The van der Waals surface area contributed by atoms with Gasteiger partial charge in [-0.15, -0.1) is 21.5 Å². The van der Waals surface area contributed by atoms with Crippen molar-refractivity contribution in [3.05, 3.63) is 56.7 Å². The summed E-state index contributed by atoms with van der Waals surface area (Å²) in [4.78, 5) is 20.4. The van der Waals surface area contributed by atoms with Gasteiger partial charge in [-0.05, 0) is 43.4 Å². The van der Waals surface area contributed by atoms with E-state index in [0.717, 1.165) is 35.2 Å². The zero-order valence-corrected chi connectivity index (χ0v) is 16.9. The van der Waals surface area contributed by atoms with Crippen molar-refractivity contribution < 1.29 is 8.83 Å². The molecule has 1 aliphatic carbocycles. The molecule has 0 aromatic carbocycles. The average Bonchev–Trinajstić information content (AvgIpc) is 3.42. The summed E-state index contributed by atoms with van der Waals surface area (Å²) in [7, 11) is 0. The topological polar surface area (TPSA) is 87.0 Å². The maximum absolute atomic E-state index is 13.4. The van der Waals surface area contributed by atoms with E-state index in [1.54, 1.807) is 29.1 Å². The second kappa shape index (κ2) is 7.21. The largest absolute Gasteiger partial charge is 0.467 e. The first-order valence-electron chi connectivity index (χ1n) is 9.18. The van der Waals surface area contributed by atoms with Gasteiger partial charge in [0.25, 0.3) is 5.56 Å². The number of aryl methyl sites for hydroxylation is 3. The monoisotopic (exact) mass is 414 g/mol. The van der Waals surface area contributed by atoms with Crippen LogP contribution in [0.1, 0.15) is 40.8 Å². The SMILES string of the molecule is Cc1nnc(CSc2nc3sc4c(c3c(=O)n2Cc2ccco2)CCCC4)o1. The molecule has 0 bridgehead atoms. The van der Waals surface area contributed by atoms with Gasteiger partial charge in [0.1, 0.15) is 10.6 Å². The van der Waals surface area contributed by atoms with Gasteiger partial charge in [-0.1, -0.05) is 11.8 Å². The minimum Gasteiger partial charge on any atom is -0.467 e. The van der Waals surface area contributed by atoms with E-state index in [4.69, 9.17) is 13.8 Å². The molecule has 4 heterocycles. The molecule has 0 spiro atoms. The number of hydrogen-bond acceptors (Lipinski definition) is 8. The van der Waals surface area contributed by atoms with Gasteiger partial charge in [0, 0.05) is 11.8 Å². The fraction of sp³-hybridized carbons (Fsp3) is 0.368. The molecule has 4 aromatic heterocycles. The first-order valence-corrected chi connectivity index (χ1v) is 11.0. The first-order chi connectivity index (χ1) is 13.7. The Hall–Kier alpha value is -2.39. The summed E-state index contributed by atoms with van der Waals surface area (Å²) < 4.78 is 12.7. The van der Waals surface area contributed by atoms with E-state index in [1.165, 1.54) is 28.6 Å². The summed E-state index contributed by atoms with van der Waals surface area (Å²) in [5, 5.41) is 9.32. The van der Waals surface area contributed by atoms with Gasteiger partial charge < -0.3 is 8.83 Å². The van der Waals surface area contributed by atoms with Gasteiger partial charge in [-0.25, -0.2) is 4.98 Å². The number of nitrogens with zero attached hydrogens (tertiary/aromatic N) is 4. The highest BCUT2D eigenvalue weighted by Crippen LogP contribution is 2.35. The van der Waals surface area contributed by atoms with E-state index < -0.39 is 0 Å². The lowest BCUT2D eigenvalue weighted by atomic mass is 9.97. The highest BCUT2D eigenvalue weighted by Gasteiger charge is 2.23. The molecule has 0 aliphatic heterocycles. The number of rotatable bonds is 5. The third-order valence-corrected chi connectivity index (χ3v) is 6.97. The van der Waals surface area contributed by atoms with Crippen LogP contribution in [-0.4, -0.2) is 19.7 Å². The lowest BCUT2D eigenvalue weighted by Crippen LogP contribution is -2.24. The minimum atomic E-state index is 0.00464. The van der Waals surface area contributed by atoms with Crippen molar-refractivity contribution in [1.29, 1.82) is 0 Å². The van der Waals surface area contributed by atoms with Crippen LogP contribution in [0.5, 0.6) is 0 Å². The van der Waals surface area contributed by atoms with Gasteiger partial charge in [0.2, 0.25) is 11.8 Å². The number of furan rings is 1. The number of hydrogen-bond donors (Lipinski definition) is 0. The standard InChI is InChI=1S/C19H18N4O3S2/c1-11-21-22-15(26-11)10-27-19-20-17-16(13-6-2-3-7-14(13)28-17)18(24)23(19)9-12-5-4-8-25-12/h4-5,8H,2-3,6-7,9-10H2,1H3. The summed E-state index contributed by atoms with van der Waals surface area (Å²) in [6.45, 7) is 2.11. The van der Waals surface area contributed by atoms with Crippen molar-refractivity contribution in [3.63, 3.8) is 0 Å². The lowest BCUT2D eigenvalue weighted by Gasteiger charge is -2.12. The zero-order chi connectivity index (χ0) is 19.1. The molecule has 1 aliphatic rings. The molecule has 7 nitrogen and oxygen atoms in total. The van der Waals surface area contributed by atoms with Crippen LogP contribution in [-0.2, 0) is 25.1 Å². The molecular weight excluding hydrogens is 396 g/mol. The number of thioether (sulfide) groups is 1. The van der Waals surface area contributed by atoms with Crippen molar-refractivity contribution in [3.8, 4) is 0 Å². The van der Waals surface area contributed by atoms with E-state index in [2.05, 4.69) is 10.2 Å². The molecule has 4 aromatic rings. The number of fused-ring (bicyclic) bond motifs is 3. The Bertz CT molecular complexity index is 1190. The second-order valence-corrected chi connectivity index (χ2v) is 8.79. The molecule has 0 saturated carbocycles. The molecule has 144 valence electrons. The zero-order valence-electron chi connectivity index (χ0n) is 15.3. The molecule has 0 N–H and O–H groups in total. The molecule has 0 atom stereocenters. The van der Waals surface area contributed by atoms with Crippen molar-refractivity contribution in [1.82, 2.24) is 19.7 Å². The molecule has 0 fully saturated rings. The Morgan fingerprint density at radius 2 is 2.18 bits per heavy atom. The molecule has 0 unspecified atom stereocenters. The van der Waals surface area contributed by atoms with Gasteiger partial charge >= 0.3 is 0 Å². The molecule has 9 heteroatoms. The van der Waals surface area contributed by atoms with E-state index in [-0.39, 0.29) is 5.56 Å². The van der Waals surface area contributed by atoms with Gasteiger partial charge in [0.05, 0.1) is 23.9 Å². The van der Waals surface area contributed by atoms with Crippen molar-refractivity contribution in [2.24, 2.45) is 0 Å². The second-order valence-electron chi connectivity index (χ2n) is 6.76. The maximum atomic E-state index is 13.4. The minimum absolute atomic E-state index is 0.00464. The van der Waals surface area contributed by atoms with Crippen LogP contribution in [0.4, 0.5) is 0 Å². The number of thiophene rings is 1. The highest BCUT2D eigenvalue weighted by molar-refractivity contribution is 7.98. The average molecular weight is 415 g/mol. The van der Waals surface area contributed by atoms with Crippen molar-refractivity contribution >= 4 is 33.3 Å². The third-order valence-electron chi connectivity index (χ3n) is 4.83. The predicted molar refractivity (Wildman–Crippen MR) is 107 cm³/mol. The summed E-state index contributed by atoms with van der Waals surface area (Å²) in [6, 6.07) is 3.70. The molecule has 0 saturated heterocycles. The van der Waals surface area contributed by atoms with Crippen LogP contribution in [0.3, 0.4) is 0 Å². The Kier molecular flexibility index (Phi) is 4.56. The Labute approximate surface area is 168 Å². The summed E-state index contributed by atoms with van der Waals surface area (Å²) >= 11 is 3.09. The lowest BCUT2D eigenvalue weighted by molar-refractivity contribution is 0.475. The van der Waals surface area contributed by atoms with Crippen LogP contribution in [0.2, 0.25) is 0 Å². The molecule has 0 radical (unpaired) electrons. The van der Waals surface area contributed by atoms with E-state index in [0.29, 0.717) is 29.2 Å². The van der Waals surface area contributed by atoms with E-state index in [1.807, 2.05) is 12.1 Å². The number of aromatic nitrogens is 4. The Morgan fingerprint density at radius 3 is 2.96 bits per heavy atom. The predicted octanol–water partition coefficient (Wildman–Crippen LogP) is 3.96. The molecule has 28 heavy (non-hydrogen) atoms. The van der Waals surface area contributed by atoms with Crippen LogP contribution in [0.15, 0.2) is 37.2 Å². The maximum Gasteiger partial charge on any atom is 0.263 e. The van der Waals surface area contributed by atoms with Gasteiger partial charge in [-0.2, -0.15) is 0 Å². The van der Waals surface area contributed by atoms with Crippen LogP contribution < -0.4 is 5.56 Å².